The molecular weight excluding hydrogens is 334 g/mol. The average molecular weight is 364 g/mol. The van der Waals surface area contributed by atoms with E-state index >= 15 is 0 Å². The van der Waals surface area contributed by atoms with Crippen molar-refractivity contribution in [3.8, 4) is 0 Å². The molecule has 142 valence electrons. The van der Waals surface area contributed by atoms with Crippen LogP contribution < -0.4 is 5.32 Å². The maximum atomic E-state index is 12.6. The Morgan fingerprint density at radius 1 is 1.00 bits per heavy atom. The number of hydrogen-bond acceptors (Lipinski definition) is 2. The number of hydrogen-bond donors (Lipinski definition) is 1. The molecular formula is C23H29N3O. The van der Waals surface area contributed by atoms with E-state index in [-0.39, 0.29) is 11.4 Å². The molecule has 1 heterocycles. The molecule has 0 aromatic heterocycles. The van der Waals surface area contributed by atoms with Gasteiger partial charge in [0.05, 0.1) is 0 Å². The Hall–Kier alpha value is -2.33. The van der Waals surface area contributed by atoms with Crippen LogP contribution in [0.3, 0.4) is 0 Å². The van der Waals surface area contributed by atoms with Gasteiger partial charge in [-0.1, -0.05) is 60.2 Å². The minimum absolute atomic E-state index is 0.0902. The van der Waals surface area contributed by atoms with Crippen LogP contribution in [0, 0.1) is 6.92 Å². The van der Waals surface area contributed by atoms with Crippen molar-refractivity contribution in [1.82, 2.24) is 15.1 Å². The molecule has 27 heavy (non-hydrogen) atoms. The van der Waals surface area contributed by atoms with E-state index in [0.29, 0.717) is 0 Å². The summed E-state index contributed by atoms with van der Waals surface area (Å²) in [5.74, 6) is 0. The van der Waals surface area contributed by atoms with E-state index in [1.807, 2.05) is 4.90 Å². The number of amides is 2. The molecule has 4 rings (SSSR count). The second kappa shape index (κ2) is 7.73. The number of carbonyl (C=O) groups excluding carboxylic acids is 1. The summed E-state index contributed by atoms with van der Waals surface area (Å²) in [6.07, 6.45) is 2.34. The zero-order chi connectivity index (χ0) is 18.7. The van der Waals surface area contributed by atoms with Gasteiger partial charge in [0.15, 0.2) is 0 Å². The molecule has 0 unspecified atom stereocenters. The first kappa shape index (κ1) is 18.1. The first-order chi connectivity index (χ1) is 13.1. The smallest absolute Gasteiger partial charge is 0.317 e. The number of nitrogens with one attached hydrogen (secondary N) is 1. The fourth-order valence-electron chi connectivity index (χ4n) is 4.04. The van der Waals surface area contributed by atoms with Gasteiger partial charge < -0.3 is 10.2 Å². The molecule has 2 aromatic carbocycles. The molecule has 1 saturated carbocycles. The quantitative estimate of drug-likeness (QED) is 0.882. The standard InChI is InChI=1S/C23H29N3O/c1-19-6-5-7-20(16-19)17-25-12-14-26(15-13-25)22(27)24-18-23(10-11-23)21-8-3-2-4-9-21/h2-9,16H,10-15,17-18H2,1H3,(H,24,27). The Kier molecular flexibility index (Phi) is 5.17. The molecule has 2 aromatic rings. The first-order valence-corrected chi connectivity index (χ1v) is 10.0. The van der Waals surface area contributed by atoms with Crippen molar-refractivity contribution in [3.05, 3.63) is 71.3 Å². The number of benzene rings is 2. The highest BCUT2D eigenvalue weighted by Gasteiger charge is 2.44. The minimum Gasteiger partial charge on any atom is -0.337 e. The largest absolute Gasteiger partial charge is 0.337 e. The van der Waals surface area contributed by atoms with Crippen LogP contribution in [0.25, 0.3) is 0 Å². The third-order valence-corrected chi connectivity index (χ3v) is 5.97. The van der Waals surface area contributed by atoms with E-state index in [0.717, 1.165) is 39.3 Å². The van der Waals surface area contributed by atoms with Crippen LogP contribution in [0.2, 0.25) is 0 Å². The van der Waals surface area contributed by atoms with Crippen LogP contribution in [-0.4, -0.2) is 48.6 Å². The van der Waals surface area contributed by atoms with Crippen molar-refractivity contribution >= 4 is 6.03 Å². The SMILES string of the molecule is Cc1cccc(CN2CCN(C(=O)NCC3(c4ccccc4)CC3)CC2)c1. The lowest BCUT2D eigenvalue weighted by Gasteiger charge is -2.35. The summed E-state index contributed by atoms with van der Waals surface area (Å²) < 4.78 is 0. The zero-order valence-electron chi connectivity index (χ0n) is 16.2. The third-order valence-electron chi connectivity index (χ3n) is 5.97. The van der Waals surface area contributed by atoms with Crippen molar-refractivity contribution in [3.63, 3.8) is 0 Å². The van der Waals surface area contributed by atoms with Crippen LogP contribution >= 0.6 is 0 Å². The monoisotopic (exact) mass is 363 g/mol. The number of rotatable bonds is 5. The van der Waals surface area contributed by atoms with E-state index in [2.05, 4.69) is 71.7 Å². The Bertz CT molecular complexity index is 777. The molecule has 4 heteroatoms. The maximum Gasteiger partial charge on any atom is 0.317 e. The van der Waals surface area contributed by atoms with Gasteiger partial charge in [-0.2, -0.15) is 0 Å². The lowest BCUT2D eigenvalue weighted by atomic mass is 9.96. The molecule has 0 radical (unpaired) electrons. The number of nitrogens with zero attached hydrogens (tertiary/aromatic N) is 2. The molecule has 2 amide bonds. The average Bonchev–Trinajstić information content (AvgIpc) is 3.49. The summed E-state index contributed by atoms with van der Waals surface area (Å²) in [6.45, 7) is 7.32. The zero-order valence-corrected chi connectivity index (χ0v) is 16.2. The van der Waals surface area contributed by atoms with Crippen molar-refractivity contribution in [1.29, 1.82) is 0 Å². The van der Waals surface area contributed by atoms with Gasteiger partial charge in [-0.3, -0.25) is 4.90 Å². The summed E-state index contributed by atoms with van der Waals surface area (Å²) >= 11 is 0. The Labute approximate surface area is 162 Å². The van der Waals surface area contributed by atoms with Gasteiger partial charge in [0.2, 0.25) is 0 Å². The van der Waals surface area contributed by atoms with Crippen LogP contribution in [0.5, 0.6) is 0 Å². The van der Waals surface area contributed by atoms with E-state index in [1.165, 1.54) is 29.5 Å². The topological polar surface area (TPSA) is 35.6 Å². The number of aryl methyl sites for hydroxylation is 1. The van der Waals surface area contributed by atoms with Crippen LogP contribution in [-0.2, 0) is 12.0 Å². The van der Waals surface area contributed by atoms with Crippen LogP contribution in [0.15, 0.2) is 54.6 Å². The highest BCUT2D eigenvalue weighted by Crippen LogP contribution is 2.47. The predicted octanol–water partition coefficient (Wildman–Crippen LogP) is 3.55. The van der Waals surface area contributed by atoms with Gasteiger partial charge in [0.1, 0.15) is 0 Å². The van der Waals surface area contributed by atoms with Crippen molar-refractivity contribution < 1.29 is 4.79 Å². The molecule has 1 aliphatic heterocycles. The van der Waals surface area contributed by atoms with Crippen LogP contribution in [0.1, 0.15) is 29.5 Å². The highest BCUT2D eigenvalue weighted by molar-refractivity contribution is 5.74. The number of carbonyl (C=O) groups is 1. The fourth-order valence-corrected chi connectivity index (χ4v) is 4.04. The molecule has 1 aliphatic carbocycles. The summed E-state index contributed by atoms with van der Waals surface area (Å²) in [7, 11) is 0. The predicted molar refractivity (Wildman–Crippen MR) is 109 cm³/mol. The van der Waals surface area contributed by atoms with Gasteiger partial charge in [0.25, 0.3) is 0 Å². The molecule has 0 bridgehead atoms. The summed E-state index contributed by atoms with van der Waals surface area (Å²) in [5.41, 5.74) is 4.18. The fraction of sp³-hybridized carbons (Fsp3) is 0.435. The summed E-state index contributed by atoms with van der Waals surface area (Å²) in [6, 6.07) is 19.4. The number of piperazine rings is 1. The lowest BCUT2D eigenvalue weighted by molar-refractivity contribution is 0.135. The molecule has 4 nitrogen and oxygen atoms in total. The Balaban J connectivity index is 1.24. The van der Waals surface area contributed by atoms with Gasteiger partial charge in [-0.05, 0) is 30.9 Å². The molecule has 2 aliphatic rings. The second-order valence-electron chi connectivity index (χ2n) is 8.06. The van der Waals surface area contributed by atoms with Gasteiger partial charge in [0, 0.05) is 44.7 Å². The van der Waals surface area contributed by atoms with Gasteiger partial charge >= 0.3 is 6.03 Å². The second-order valence-corrected chi connectivity index (χ2v) is 8.06. The molecule has 1 N–H and O–H groups in total. The molecule has 2 fully saturated rings. The Morgan fingerprint density at radius 3 is 2.41 bits per heavy atom. The van der Waals surface area contributed by atoms with Crippen LogP contribution in [0.4, 0.5) is 4.79 Å². The van der Waals surface area contributed by atoms with E-state index in [1.54, 1.807) is 0 Å². The summed E-state index contributed by atoms with van der Waals surface area (Å²) in [4.78, 5) is 17.0. The highest BCUT2D eigenvalue weighted by atomic mass is 16.2. The normalized spacial score (nSPS) is 18.9. The van der Waals surface area contributed by atoms with E-state index in [9.17, 15) is 4.79 Å². The van der Waals surface area contributed by atoms with Crippen molar-refractivity contribution in [2.75, 3.05) is 32.7 Å². The van der Waals surface area contributed by atoms with E-state index in [4.69, 9.17) is 0 Å². The summed E-state index contributed by atoms with van der Waals surface area (Å²) in [5, 5.41) is 3.19. The molecule has 1 saturated heterocycles. The maximum absolute atomic E-state index is 12.6. The van der Waals surface area contributed by atoms with Gasteiger partial charge in [-0.25, -0.2) is 4.79 Å². The first-order valence-electron chi connectivity index (χ1n) is 10.0. The van der Waals surface area contributed by atoms with E-state index < -0.39 is 0 Å². The molecule has 0 spiro atoms. The lowest BCUT2D eigenvalue weighted by Crippen LogP contribution is -2.52. The van der Waals surface area contributed by atoms with Gasteiger partial charge in [-0.15, -0.1) is 0 Å². The Morgan fingerprint density at radius 2 is 1.74 bits per heavy atom. The minimum atomic E-state index is 0.0902. The molecule has 0 atom stereocenters. The third kappa shape index (κ3) is 4.33. The number of urea groups is 1. The van der Waals surface area contributed by atoms with Crippen molar-refractivity contribution in [2.45, 2.75) is 31.7 Å². The van der Waals surface area contributed by atoms with Crippen molar-refractivity contribution in [2.24, 2.45) is 0 Å².